The zero-order chi connectivity index (χ0) is 14.3. The van der Waals surface area contributed by atoms with Crippen molar-refractivity contribution in [3.05, 3.63) is 0 Å². The number of carboxylic acid groups (broad SMARTS) is 1. The highest BCUT2D eigenvalue weighted by atomic mass is 16.4. The van der Waals surface area contributed by atoms with Gasteiger partial charge in [-0.1, -0.05) is 6.42 Å². The molecule has 1 unspecified atom stereocenters. The number of piperidine rings is 1. The largest absolute Gasteiger partial charge is 0.480 e. The minimum atomic E-state index is -0.693. The second-order valence-corrected chi connectivity index (χ2v) is 7.27. The molecule has 0 aromatic rings. The van der Waals surface area contributed by atoms with Crippen LogP contribution in [0.3, 0.4) is 0 Å². The van der Waals surface area contributed by atoms with Crippen molar-refractivity contribution in [3.63, 3.8) is 0 Å². The number of carboxylic acids is 1. The summed E-state index contributed by atoms with van der Waals surface area (Å²) in [5.74, 6) is -0.293. The lowest BCUT2D eigenvalue weighted by Crippen LogP contribution is -2.64. The quantitative estimate of drug-likeness (QED) is 0.783. The summed E-state index contributed by atoms with van der Waals surface area (Å²) in [7, 11) is 0. The van der Waals surface area contributed by atoms with E-state index in [1.54, 1.807) is 0 Å². The van der Waals surface area contributed by atoms with E-state index in [0.29, 0.717) is 30.6 Å². The van der Waals surface area contributed by atoms with E-state index in [9.17, 15) is 9.90 Å². The summed E-state index contributed by atoms with van der Waals surface area (Å²) >= 11 is 0. The SMILES string of the molecule is C[C@@H]1CCC[C@H](C)N1CC(NC1CC1)(C(=O)O)C1CC1. The van der Waals surface area contributed by atoms with Gasteiger partial charge in [-0.05, 0) is 58.3 Å². The first-order chi connectivity index (χ1) is 9.53. The monoisotopic (exact) mass is 280 g/mol. The molecule has 4 heteroatoms. The zero-order valence-corrected chi connectivity index (χ0v) is 12.8. The number of rotatable bonds is 6. The number of carbonyl (C=O) groups is 1. The van der Waals surface area contributed by atoms with Gasteiger partial charge in [-0.15, -0.1) is 0 Å². The predicted octanol–water partition coefficient (Wildman–Crippen LogP) is 2.23. The molecule has 114 valence electrons. The summed E-state index contributed by atoms with van der Waals surface area (Å²) in [5.41, 5.74) is -0.693. The van der Waals surface area contributed by atoms with Gasteiger partial charge in [-0.3, -0.25) is 15.0 Å². The lowest BCUT2D eigenvalue weighted by molar-refractivity contribution is -0.148. The van der Waals surface area contributed by atoms with Crippen molar-refractivity contribution in [2.75, 3.05) is 6.54 Å². The summed E-state index contributed by atoms with van der Waals surface area (Å²) in [6.45, 7) is 5.20. The smallest absolute Gasteiger partial charge is 0.325 e. The molecule has 3 aliphatic rings. The van der Waals surface area contributed by atoms with Crippen LogP contribution >= 0.6 is 0 Å². The van der Waals surface area contributed by atoms with Crippen LogP contribution in [0.15, 0.2) is 0 Å². The molecule has 0 aromatic heterocycles. The minimum Gasteiger partial charge on any atom is -0.480 e. The van der Waals surface area contributed by atoms with E-state index >= 15 is 0 Å². The van der Waals surface area contributed by atoms with Gasteiger partial charge in [0.2, 0.25) is 0 Å². The van der Waals surface area contributed by atoms with Gasteiger partial charge in [-0.25, -0.2) is 0 Å². The Morgan fingerprint density at radius 3 is 2.20 bits per heavy atom. The molecule has 3 fully saturated rings. The zero-order valence-electron chi connectivity index (χ0n) is 12.8. The molecule has 1 heterocycles. The maximum atomic E-state index is 12.1. The van der Waals surface area contributed by atoms with E-state index in [1.807, 2.05) is 0 Å². The Bertz CT molecular complexity index is 369. The number of likely N-dealkylation sites (tertiary alicyclic amines) is 1. The third-order valence-corrected chi connectivity index (χ3v) is 5.50. The summed E-state index contributed by atoms with van der Waals surface area (Å²) in [6.07, 6.45) is 8.12. The van der Waals surface area contributed by atoms with Gasteiger partial charge in [0.05, 0.1) is 0 Å². The van der Waals surface area contributed by atoms with Crippen LogP contribution in [0.5, 0.6) is 0 Å². The molecule has 1 saturated heterocycles. The molecule has 4 nitrogen and oxygen atoms in total. The van der Waals surface area contributed by atoms with Crippen LogP contribution in [-0.4, -0.2) is 46.2 Å². The van der Waals surface area contributed by atoms with Crippen LogP contribution in [-0.2, 0) is 4.79 Å². The fourth-order valence-electron chi connectivity index (χ4n) is 3.84. The number of nitrogens with one attached hydrogen (secondary N) is 1. The van der Waals surface area contributed by atoms with E-state index in [-0.39, 0.29) is 0 Å². The highest BCUT2D eigenvalue weighted by Crippen LogP contribution is 2.43. The molecule has 0 bridgehead atoms. The molecule has 2 aliphatic carbocycles. The third-order valence-electron chi connectivity index (χ3n) is 5.50. The van der Waals surface area contributed by atoms with Crippen LogP contribution in [0.4, 0.5) is 0 Å². The Hall–Kier alpha value is -0.610. The lowest BCUT2D eigenvalue weighted by atomic mass is 9.88. The number of aliphatic carboxylic acids is 1. The Kier molecular flexibility index (Phi) is 3.80. The highest BCUT2D eigenvalue weighted by Gasteiger charge is 2.54. The van der Waals surface area contributed by atoms with Crippen molar-refractivity contribution >= 4 is 5.97 Å². The summed E-state index contributed by atoms with van der Waals surface area (Å²) in [5, 5.41) is 13.4. The molecule has 0 spiro atoms. The molecule has 2 saturated carbocycles. The van der Waals surface area contributed by atoms with Gasteiger partial charge in [0.25, 0.3) is 0 Å². The molecule has 1 aliphatic heterocycles. The molecule has 0 radical (unpaired) electrons. The second kappa shape index (κ2) is 5.30. The van der Waals surface area contributed by atoms with Crippen molar-refractivity contribution in [2.24, 2.45) is 5.92 Å². The van der Waals surface area contributed by atoms with Crippen LogP contribution in [0.25, 0.3) is 0 Å². The lowest BCUT2D eigenvalue weighted by Gasteiger charge is -2.44. The standard InChI is InChI=1S/C16H28N2O2/c1-11-4-3-5-12(2)18(11)10-16(15(19)20,13-6-7-13)17-14-8-9-14/h11-14,17H,3-10H2,1-2H3,(H,19,20)/t11-,12+,16?. The Morgan fingerprint density at radius 1 is 1.15 bits per heavy atom. The molecule has 2 N–H and O–H groups in total. The maximum Gasteiger partial charge on any atom is 0.325 e. The first kappa shape index (κ1) is 14.3. The average molecular weight is 280 g/mol. The van der Waals surface area contributed by atoms with Gasteiger partial charge >= 0.3 is 5.97 Å². The van der Waals surface area contributed by atoms with Gasteiger partial charge < -0.3 is 5.11 Å². The molecule has 0 aromatic carbocycles. The van der Waals surface area contributed by atoms with Gasteiger partial charge in [0.15, 0.2) is 0 Å². The van der Waals surface area contributed by atoms with E-state index < -0.39 is 11.5 Å². The topological polar surface area (TPSA) is 52.6 Å². The Labute approximate surface area is 121 Å². The predicted molar refractivity (Wildman–Crippen MR) is 78.7 cm³/mol. The molecule has 3 atom stereocenters. The normalized spacial score (nSPS) is 34.7. The maximum absolute atomic E-state index is 12.1. The van der Waals surface area contributed by atoms with Crippen molar-refractivity contribution in [1.29, 1.82) is 0 Å². The van der Waals surface area contributed by atoms with E-state index in [1.165, 1.54) is 19.3 Å². The number of hydrogen-bond acceptors (Lipinski definition) is 3. The van der Waals surface area contributed by atoms with Crippen LogP contribution in [0.2, 0.25) is 0 Å². The Morgan fingerprint density at radius 2 is 1.75 bits per heavy atom. The molecule has 0 amide bonds. The summed E-state index contributed by atoms with van der Waals surface area (Å²) < 4.78 is 0. The van der Waals surface area contributed by atoms with Crippen molar-refractivity contribution in [3.8, 4) is 0 Å². The van der Waals surface area contributed by atoms with Crippen LogP contribution in [0.1, 0.15) is 58.8 Å². The van der Waals surface area contributed by atoms with Crippen molar-refractivity contribution in [2.45, 2.75) is 82.5 Å². The number of nitrogens with zero attached hydrogens (tertiary/aromatic N) is 1. The van der Waals surface area contributed by atoms with Crippen LogP contribution in [0, 0.1) is 5.92 Å². The second-order valence-electron chi connectivity index (χ2n) is 7.27. The number of hydrogen-bond donors (Lipinski definition) is 2. The summed E-state index contributed by atoms with van der Waals surface area (Å²) in [4.78, 5) is 14.5. The first-order valence-electron chi connectivity index (χ1n) is 8.30. The minimum absolute atomic E-state index is 0.335. The van der Waals surface area contributed by atoms with E-state index in [4.69, 9.17) is 0 Å². The molecular weight excluding hydrogens is 252 g/mol. The van der Waals surface area contributed by atoms with Gasteiger partial charge in [0, 0.05) is 24.7 Å². The average Bonchev–Trinajstić information content (AvgIpc) is 3.25. The fraction of sp³-hybridized carbons (Fsp3) is 0.938. The molecule has 3 rings (SSSR count). The molecule has 20 heavy (non-hydrogen) atoms. The summed E-state index contributed by atoms with van der Waals surface area (Å²) in [6, 6.07) is 1.47. The van der Waals surface area contributed by atoms with E-state index in [2.05, 4.69) is 24.1 Å². The Balaban J connectivity index is 1.78. The third kappa shape index (κ3) is 2.73. The van der Waals surface area contributed by atoms with Crippen molar-refractivity contribution < 1.29 is 9.90 Å². The molecular formula is C16H28N2O2. The highest BCUT2D eigenvalue weighted by molar-refractivity contribution is 5.80. The van der Waals surface area contributed by atoms with Gasteiger partial charge in [-0.2, -0.15) is 0 Å². The fourth-order valence-corrected chi connectivity index (χ4v) is 3.84. The van der Waals surface area contributed by atoms with Crippen molar-refractivity contribution in [1.82, 2.24) is 10.2 Å². The van der Waals surface area contributed by atoms with Gasteiger partial charge in [0.1, 0.15) is 5.54 Å². The van der Waals surface area contributed by atoms with Crippen LogP contribution < -0.4 is 5.32 Å². The first-order valence-corrected chi connectivity index (χ1v) is 8.30. The van der Waals surface area contributed by atoms with E-state index in [0.717, 1.165) is 25.7 Å².